The van der Waals surface area contributed by atoms with E-state index in [1.165, 1.54) is 77.0 Å². The van der Waals surface area contributed by atoms with Crippen LogP contribution >= 0.6 is 0 Å². The Morgan fingerprint density at radius 1 is 0.420 bits per heavy atom. The zero-order valence-corrected chi connectivity index (χ0v) is 31.4. The molecule has 4 amide bonds. The summed E-state index contributed by atoms with van der Waals surface area (Å²) in [5.41, 5.74) is 1.13. The van der Waals surface area contributed by atoms with Crippen molar-refractivity contribution in [2.45, 2.75) is 143 Å². The van der Waals surface area contributed by atoms with Crippen molar-refractivity contribution in [3.63, 3.8) is 0 Å². The van der Waals surface area contributed by atoms with Crippen LogP contribution in [0.3, 0.4) is 0 Å². The summed E-state index contributed by atoms with van der Waals surface area (Å²) >= 11 is 0. The van der Waals surface area contributed by atoms with E-state index in [2.05, 4.69) is 21.3 Å². The maximum Gasteiger partial charge on any atom is 0.251 e. The van der Waals surface area contributed by atoms with Gasteiger partial charge >= 0.3 is 0 Å². The van der Waals surface area contributed by atoms with Crippen LogP contribution in [0.5, 0.6) is 0 Å². The fourth-order valence-electron chi connectivity index (χ4n) is 6.07. The lowest BCUT2D eigenvalue weighted by molar-refractivity contribution is -0.124. The number of unbranched alkanes of at least 4 members (excludes halogenated alkanes) is 15. The summed E-state index contributed by atoms with van der Waals surface area (Å²) < 4.78 is 0. The molecule has 0 saturated heterocycles. The molecule has 0 fully saturated rings. The van der Waals surface area contributed by atoms with Gasteiger partial charge in [-0.15, -0.1) is 0 Å². The molecule has 4 N–H and O–H groups in total. The van der Waals surface area contributed by atoms with E-state index < -0.39 is 12.1 Å². The molecule has 0 aliphatic heterocycles. The second-order valence-electron chi connectivity index (χ2n) is 14.4. The number of amides is 4. The second-order valence-corrected chi connectivity index (χ2v) is 14.4. The average Bonchev–Trinajstić information content (AvgIpc) is 3.12. The minimum atomic E-state index is -0.534. The Labute approximate surface area is 302 Å². The number of rotatable bonds is 27. The summed E-state index contributed by atoms with van der Waals surface area (Å²) in [4.78, 5) is 50.4. The predicted molar refractivity (Wildman–Crippen MR) is 205 cm³/mol. The van der Waals surface area contributed by atoms with Crippen molar-refractivity contribution in [1.29, 1.82) is 0 Å². The van der Waals surface area contributed by atoms with Gasteiger partial charge in [-0.25, -0.2) is 0 Å². The van der Waals surface area contributed by atoms with E-state index in [9.17, 15) is 19.2 Å². The van der Waals surface area contributed by atoms with E-state index in [4.69, 9.17) is 0 Å². The molecule has 0 radical (unpaired) electrons. The molecule has 0 bridgehead atoms. The van der Waals surface area contributed by atoms with Gasteiger partial charge in [0.2, 0.25) is 11.8 Å². The lowest BCUT2D eigenvalue weighted by Crippen LogP contribution is -2.49. The SMILES string of the molecule is CC(C)[C@H](NC(=O)c1ccccc1)C(=O)NCCCCCCCCCCCCCCCCCCNC(=O)[C@@H](NC(=O)c1ccccc1)C(C)C. The summed E-state index contributed by atoms with van der Waals surface area (Å²) in [6, 6.07) is 17.0. The van der Waals surface area contributed by atoms with Gasteiger partial charge in [0.1, 0.15) is 12.1 Å². The minimum absolute atomic E-state index is 0.0140. The van der Waals surface area contributed by atoms with Crippen LogP contribution < -0.4 is 21.3 Å². The van der Waals surface area contributed by atoms with Gasteiger partial charge in [0.25, 0.3) is 11.8 Å². The number of hydrogen-bond donors (Lipinski definition) is 4. The molecule has 0 unspecified atom stereocenters. The molecule has 0 heterocycles. The number of benzene rings is 2. The zero-order chi connectivity index (χ0) is 36.4. The fourth-order valence-corrected chi connectivity index (χ4v) is 6.07. The standard InChI is InChI=1S/C42H66N4O4/c1-33(2)37(45-39(47)35-27-21-19-22-28-35)41(49)43-31-25-17-15-13-11-9-7-5-6-8-10-12-14-16-18-26-32-44-42(50)38(34(3)4)46-40(48)36-29-23-20-24-30-36/h19-24,27-30,33-34,37-38H,5-18,25-26,31-32H2,1-4H3,(H,43,49)(H,44,50)(H,45,47)(H,46,48)/t37-,38-/m0/s1. The first-order valence-corrected chi connectivity index (χ1v) is 19.5. The summed E-state index contributed by atoms with van der Waals surface area (Å²) in [5.74, 6) is -0.612. The van der Waals surface area contributed by atoms with Crippen LogP contribution in [0.1, 0.15) is 151 Å². The largest absolute Gasteiger partial charge is 0.354 e. The zero-order valence-electron chi connectivity index (χ0n) is 31.4. The Kier molecular flexibility index (Phi) is 22.2. The molecule has 8 nitrogen and oxygen atoms in total. The van der Waals surface area contributed by atoms with Crippen LogP contribution in [0.4, 0.5) is 0 Å². The van der Waals surface area contributed by atoms with Crippen molar-refractivity contribution in [3.05, 3.63) is 71.8 Å². The molecular formula is C42H66N4O4. The monoisotopic (exact) mass is 691 g/mol. The summed E-state index contributed by atoms with van der Waals surface area (Å²) in [7, 11) is 0. The maximum absolute atomic E-state index is 12.7. The lowest BCUT2D eigenvalue weighted by atomic mass is 10.0. The van der Waals surface area contributed by atoms with Crippen LogP contribution in [0.15, 0.2) is 60.7 Å². The van der Waals surface area contributed by atoms with Crippen LogP contribution in [-0.2, 0) is 9.59 Å². The van der Waals surface area contributed by atoms with Crippen LogP contribution in [0, 0.1) is 11.8 Å². The third-order valence-corrected chi connectivity index (χ3v) is 9.25. The van der Waals surface area contributed by atoms with E-state index in [0.29, 0.717) is 24.2 Å². The Hall–Kier alpha value is -3.68. The minimum Gasteiger partial charge on any atom is -0.354 e. The van der Waals surface area contributed by atoms with E-state index in [1.54, 1.807) is 24.3 Å². The van der Waals surface area contributed by atoms with Gasteiger partial charge in [0, 0.05) is 24.2 Å². The summed E-state index contributed by atoms with van der Waals surface area (Å²) in [6.07, 6.45) is 19.6. The summed E-state index contributed by atoms with van der Waals surface area (Å²) in [6.45, 7) is 9.11. The molecule has 278 valence electrons. The van der Waals surface area contributed by atoms with Gasteiger partial charge in [-0.3, -0.25) is 19.2 Å². The second kappa shape index (κ2) is 26.2. The quantitative estimate of drug-likeness (QED) is 0.0705. The lowest BCUT2D eigenvalue weighted by Gasteiger charge is -2.21. The first-order chi connectivity index (χ1) is 24.2. The Balaban J connectivity index is 1.36. The normalized spacial score (nSPS) is 12.4. The van der Waals surface area contributed by atoms with Crippen molar-refractivity contribution in [3.8, 4) is 0 Å². The van der Waals surface area contributed by atoms with E-state index >= 15 is 0 Å². The molecule has 2 aromatic rings. The Morgan fingerprint density at radius 3 is 0.940 bits per heavy atom. The van der Waals surface area contributed by atoms with Gasteiger partial charge in [0.15, 0.2) is 0 Å². The Morgan fingerprint density at radius 2 is 0.680 bits per heavy atom. The molecule has 0 aliphatic rings. The van der Waals surface area contributed by atoms with Crippen LogP contribution in [0.25, 0.3) is 0 Å². The van der Waals surface area contributed by atoms with Crippen molar-refractivity contribution >= 4 is 23.6 Å². The molecule has 0 spiro atoms. The third kappa shape index (κ3) is 18.4. The number of nitrogens with one attached hydrogen (secondary N) is 4. The molecular weight excluding hydrogens is 624 g/mol. The highest BCUT2D eigenvalue weighted by Crippen LogP contribution is 2.14. The van der Waals surface area contributed by atoms with E-state index in [-0.39, 0.29) is 35.5 Å². The molecule has 8 heteroatoms. The molecule has 50 heavy (non-hydrogen) atoms. The van der Waals surface area contributed by atoms with Gasteiger partial charge in [-0.2, -0.15) is 0 Å². The predicted octanol–water partition coefficient (Wildman–Crippen LogP) is 8.37. The van der Waals surface area contributed by atoms with Crippen molar-refractivity contribution in [2.75, 3.05) is 13.1 Å². The smallest absolute Gasteiger partial charge is 0.251 e. The first-order valence-electron chi connectivity index (χ1n) is 19.5. The Bertz CT molecular complexity index is 1120. The highest BCUT2D eigenvalue weighted by Gasteiger charge is 2.25. The van der Waals surface area contributed by atoms with E-state index in [0.717, 1.165) is 25.7 Å². The van der Waals surface area contributed by atoms with Gasteiger partial charge in [-0.05, 0) is 48.9 Å². The fraction of sp³-hybridized carbons (Fsp3) is 0.619. The maximum atomic E-state index is 12.7. The molecule has 2 aromatic carbocycles. The summed E-state index contributed by atoms with van der Waals surface area (Å²) in [5, 5.41) is 11.8. The topological polar surface area (TPSA) is 116 Å². The van der Waals surface area contributed by atoms with Crippen molar-refractivity contribution < 1.29 is 19.2 Å². The van der Waals surface area contributed by atoms with Gasteiger partial charge in [0.05, 0.1) is 0 Å². The highest BCUT2D eigenvalue weighted by atomic mass is 16.2. The van der Waals surface area contributed by atoms with Crippen molar-refractivity contribution in [2.24, 2.45) is 11.8 Å². The highest BCUT2D eigenvalue weighted by molar-refractivity contribution is 5.98. The third-order valence-electron chi connectivity index (χ3n) is 9.25. The first kappa shape index (κ1) is 42.5. The molecule has 2 rings (SSSR count). The van der Waals surface area contributed by atoms with Gasteiger partial charge < -0.3 is 21.3 Å². The number of hydrogen-bond acceptors (Lipinski definition) is 4. The molecule has 0 saturated carbocycles. The van der Waals surface area contributed by atoms with Crippen LogP contribution in [0.2, 0.25) is 0 Å². The molecule has 0 aliphatic carbocycles. The number of carbonyl (C=O) groups is 4. The van der Waals surface area contributed by atoms with Crippen LogP contribution in [-0.4, -0.2) is 48.8 Å². The molecule has 2 atom stereocenters. The average molecular weight is 691 g/mol. The molecule has 0 aromatic heterocycles. The van der Waals surface area contributed by atoms with Crippen molar-refractivity contribution in [1.82, 2.24) is 21.3 Å². The van der Waals surface area contributed by atoms with Gasteiger partial charge in [-0.1, -0.05) is 154 Å². The van der Waals surface area contributed by atoms with E-state index in [1.807, 2.05) is 64.1 Å². The number of carbonyl (C=O) groups excluding carboxylic acids is 4.